The van der Waals surface area contributed by atoms with Crippen molar-refractivity contribution in [1.29, 1.82) is 0 Å². The Morgan fingerprint density at radius 1 is 1.00 bits per heavy atom. The van der Waals surface area contributed by atoms with E-state index in [0.29, 0.717) is 21.5 Å². The summed E-state index contributed by atoms with van der Waals surface area (Å²) in [4.78, 5) is 14.1. The summed E-state index contributed by atoms with van der Waals surface area (Å²) >= 11 is 18.0. The molecular formula is C18H16Cl3NO3S. The third-order valence-corrected chi connectivity index (χ3v) is 7.50. The monoisotopic (exact) mass is 431 g/mol. The number of likely N-dealkylation sites (tertiary alicyclic amines) is 1. The van der Waals surface area contributed by atoms with Gasteiger partial charge in [-0.2, -0.15) is 0 Å². The van der Waals surface area contributed by atoms with E-state index in [1.54, 1.807) is 35.2 Å². The van der Waals surface area contributed by atoms with Crippen molar-refractivity contribution < 1.29 is 13.2 Å². The van der Waals surface area contributed by atoms with E-state index in [1.165, 1.54) is 12.1 Å². The van der Waals surface area contributed by atoms with Crippen LogP contribution in [0, 0.1) is 0 Å². The highest BCUT2D eigenvalue weighted by molar-refractivity contribution is 7.92. The minimum absolute atomic E-state index is 0.108. The molecule has 0 saturated carbocycles. The van der Waals surface area contributed by atoms with E-state index >= 15 is 0 Å². The van der Waals surface area contributed by atoms with Gasteiger partial charge >= 0.3 is 0 Å². The van der Waals surface area contributed by atoms with Gasteiger partial charge in [0, 0.05) is 34.6 Å². The highest BCUT2D eigenvalue weighted by atomic mass is 35.5. The van der Waals surface area contributed by atoms with Gasteiger partial charge in [-0.3, -0.25) is 4.79 Å². The highest BCUT2D eigenvalue weighted by Crippen LogP contribution is 2.28. The van der Waals surface area contributed by atoms with Gasteiger partial charge in [-0.15, -0.1) is 0 Å². The molecule has 8 heteroatoms. The Morgan fingerprint density at radius 3 is 2.15 bits per heavy atom. The van der Waals surface area contributed by atoms with Gasteiger partial charge in [-0.05, 0) is 48.4 Å². The molecule has 138 valence electrons. The van der Waals surface area contributed by atoms with Gasteiger partial charge in [0.2, 0.25) is 5.91 Å². The summed E-state index contributed by atoms with van der Waals surface area (Å²) in [7, 11) is -3.46. The van der Waals surface area contributed by atoms with Crippen LogP contribution in [-0.4, -0.2) is 37.6 Å². The van der Waals surface area contributed by atoms with Crippen molar-refractivity contribution >= 4 is 50.5 Å². The van der Waals surface area contributed by atoms with Crippen molar-refractivity contribution in [3.63, 3.8) is 0 Å². The Balaban J connectivity index is 1.57. The number of amides is 1. The summed E-state index contributed by atoms with van der Waals surface area (Å²) in [6, 6.07) is 11.3. The van der Waals surface area contributed by atoms with Gasteiger partial charge in [0.25, 0.3) is 0 Å². The zero-order valence-corrected chi connectivity index (χ0v) is 16.7. The lowest BCUT2D eigenvalue weighted by atomic mass is 10.1. The first kappa shape index (κ1) is 19.5. The van der Waals surface area contributed by atoms with E-state index in [9.17, 15) is 13.2 Å². The lowest BCUT2D eigenvalue weighted by Crippen LogP contribution is -2.56. The Bertz CT molecular complexity index is 903. The zero-order valence-electron chi connectivity index (χ0n) is 13.7. The lowest BCUT2D eigenvalue weighted by molar-refractivity contribution is -0.134. The predicted molar refractivity (Wildman–Crippen MR) is 104 cm³/mol. The molecule has 1 saturated heterocycles. The molecule has 0 atom stereocenters. The van der Waals surface area contributed by atoms with Crippen molar-refractivity contribution in [1.82, 2.24) is 4.90 Å². The quantitative estimate of drug-likeness (QED) is 0.709. The molecule has 2 aromatic rings. The van der Waals surface area contributed by atoms with Crippen molar-refractivity contribution in [2.45, 2.75) is 23.0 Å². The third kappa shape index (κ3) is 4.01. The molecule has 1 aliphatic rings. The lowest BCUT2D eigenvalue weighted by Gasteiger charge is -2.38. The minimum atomic E-state index is -3.46. The summed E-state index contributed by atoms with van der Waals surface area (Å²) in [6.45, 7) is 0.389. The maximum absolute atomic E-state index is 12.5. The van der Waals surface area contributed by atoms with Crippen molar-refractivity contribution in [2.75, 3.05) is 13.1 Å². The van der Waals surface area contributed by atoms with Crippen LogP contribution in [0.25, 0.3) is 0 Å². The Morgan fingerprint density at radius 2 is 1.58 bits per heavy atom. The van der Waals surface area contributed by atoms with Crippen LogP contribution in [0.1, 0.15) is 12.0 Å². The normalized spacial score (nSPS) is 15.0. The van der Waals surface area contributed by atoms with Crippen LogP contribution in [0.5, 0.6) is 0 Å². The molecule has 1 fully saturated rings. The molecule has 0 unspecified atom stereocenters. The van der Waals surface area contributed by atoms with E-state index in [2.05, 4.69) is 0 Å². The Labute approximate surface area is 167 Å². The van der Waals surface area contributed by atoms with Crippen molar-refractivity contribution in [2.24, 2.45) is 0 Å². The van der Waals surface area contributed by atoms with Crippen LogP contribution >= 0.6 is 34.8 Å². The number of carbonyl (C=O) groups excluding carboxylic acids is 1. The van der Waals surface area contributed by atoms with Crippen LogP contribution < -0.4 is 0 Å². The average molecular weight is 433 g/mol. The number of halogens is 3. The maximum Gasteiger partial charge on any atom is 0.222 e. The molecule has 0 aromatic heterocycles. The maximum atomic E-state index is 12.5. The van der Waals surface area contributed by atoms with Crippen LogP contribution in [-0.2, 0) is 21.1 Å². The number of benzene rings is 2. The summed E-state index contributed by atoms with van der Waals surface area (Å²) in [5.41, 5.74) is 0.732. The second-order valence-electron chi connectivity index (χ2n) is 6.12. The molecule has 0 spiro atoms. The standard InChI is InChI=1S/C18H16Cl3NO3S/c19-12-4-6-13(7-5-12)26(24,25)14-10-22(11-14)18(23)9-8-15-16(20)2-1-3-17(15)21/h1-7,14H,8-11H2. The van der Waals surface area contributed by atoms with Crippen molar-refractivity contribution in [3.8, 4) is 0 Å². The zero-order chi connectivity index (χ0) is 18.9. The fraction of sp³-hybridized carbons (Fsp3) is 0.278. The SMILES string of the molecule is O=C(CCc1c(Cl)cccc1Cl)N1CC(S(=O)(=O)c2ccc(Cl)cc2)C1. The first-order valence-electron chi connectivity index (χ1n) is 7.99. The summed E-state index contributed by atoms with van der Waals surface area (Å²) < 4.78 is 25.1. The molecule has 0 bridgehead atoms. The molecule has 1 amide bonds. The summed E-state index contributed by atoms with van der Waals surface area (Å²) in [5.74, 6) is -0.108. The van der Waals surface area contributed by atoms with Gasteiger partial charge in [-0.1, -0.05) is 40.9 Å². The smallest absolute Gasteiger partial charge is 0.222 e. The number of sulfone groups is 1. The Kier molecular flexibility index (Phi) is 5.82. The average Bonchev–Trinajstić information content (AvgIpc) is 2.53. The molecule has 3 rings (SSSR count). The van der Waals surface area contributed by atoms with E-state index < -0.39 is 15.1 Å². The highest BCUT2D eigenvalue weighted by Gasteiger charge is 2.40. The van der Waals surface area contributed by atoms with Gasteiger partial charge in [0.1, 0.15) is 5.25 Å². The van der Waals surface area contributed by atoms with Crippen LogP contribution in [0.15, 0.2) is 47.4 Å². The molecule has 0 N–H and O–H groups in total. The molecule has 0 aliphatic carbocycles. The third-order valence-electron chi connectivity index (χ3n) is 4.43. The fourth-order valence-electron chi connectivity index (χ4n) is 2.82. The number of carbonyl (C=O) groups is 1. The molecule has 1 aliphatic heterocycles. The molecule has 0 radical (unpaired) electrons. The number of rotatable bonds is 5. The molecular weight excluding hydrogens is 417 g/mol. The second-order valence-corrected chi connectivity index (χ2v) is 9.60. The molecule has 2 aromatic carbocycles. The van der Waals surface area contributed by atoms with Gasteiger partial charge in [-0.25, -0.2) is 8.42 Å². The van der Waals surface area contributed by atoms with Crippen molar-refractivity contribution in [3.05, 3.63) is 63.1 Å². The van der Waals surface area contributed by atoms with E-state index in [-0.39, 0.29) is 30.3 Å². The van der Waals surface area contributed by atoms with Crippen LogP contribution in [0.2, 0.25) is 15.1 Å². The number of hydrogen-bond donors (Lipinski definition) is 0. The first-order valence-corrected chi connectivity index (χ1v) is 10.7. The minimum Gasteiger partial charge on any atom is -0.340 e. The topological polar surface area (TPSA) is 54.5 Å². The second kappa shape index (κ2) is 7.77. The largest absolute Gasteiger partial charge is 0.340 e. The summed E-state index contributed by atoms with van der Waals surface area (Å²) in [5, 5.41) is 0.943. The predicted octanol–water partition coefficient (Wildman–Crippen LogP) is 4.26. The van der Waals surface area contributed by atoms with Gasteiger partial charge in [0.15, 0.2) is 9.84 Å². The first-order chi connectivity index (χ1) is 12.3. The van der Waals surface area contributed by atoms with Crippen LogP contribution in [0.4, 0.5) is 0 Å². The van der Waals surface area contributed by atoms with E-state index in [0.717, 1.165) is 5.56 Å². The van der Waals surface area contributed by atoms with Gasteiger partial charge < -0.3 is 4.90 Å². The molecule has 26 heavy (non-hydrogen) atoms. The fourth-order valence-corrected chi connectivity index (χ4v) is 5.18. The summed E-state index contributed by atoms with van der Waals surface area (Å²) in [6.07, 6.45) is 0.652. The van der Waals surface area contributed by atoms with E-state index in [4.69, 9.17) is 34.8 Å². The molecule has 4 nitrogen and oxygen atoms in total. The number of nitrogens with zero attached hydrogens (tertiary/aromatic N) is 1. The number of hydrogen-bond acceptors (Lipinski definition) is 3. The van der Waals surface area contributed by atoms with Gasteiger partial charge in [0.05, 0.1) is 4.90 Å². The van der Waals surface area contributed by atoms with Crippen LogP contribution in [0.3, 0.4) is 0 Å². The Hall–Kier alpha value is -1.27. The molecule has 1 heterocycles. The van der Waals surface area contributed by atoms with E-state index in [1.807, 2.05) is 0 Å².